The van der Waals surface area contributed by atoms with Crippen LogP contribution in [0.1, 0.15) is 0 Å². The molecule has 0 aliphatic rings. The van der Waals surface area contributed by atoms with E-state index >= 15 is 0 Å². The van der Waals surface area contributed by atoms with Gasteiger partial charge < -0.3 is 4.74 Å². The number of halogens is 1. The predicted octanol–water partition coefficient (Wildman–Crippen LogP) is 3.19. The molecule has 0 aliphatic heterocycles. The van der Waals surface area contributed by atoms with Crippen molar-refractivity contribution in [2.24, 2.45) is 0 Å². The third kappa shape index (κ3) is 3.82. The zero-order chi connectivity index (χ0) is 15.3. The Morgan fingerprint density at radius 3 is 2.43 bits per heavy atom. The van der Waals surface area contributed by atoms with Crippen molar-refractivity contribution in [3.8, 4) is 5.75 Å². The summed E-state index contributed by atoms with van der Waals surface area (Å²) in [4.78, 5) is 0.0247. The second-order valence-electron chi connectivity index (χ2n) is 4.16. The lowest BCUT2D eigenvalue weighted by Gasteiger charge is -2.09. The molecule has 0 saturated heterocycles. The van der Waals surface area contributed by atoms with Gasteiger partial charge in [-0.3, -0.25) is 4.72 Å². The number of nitrogens with one attached hydrogen (secondary N) is 1. The minimum Gasteiger partial charge on any atom is -0.490 e. The van der Waals surface area contributed by atoms with Gasteiger partial charge in [0.15, 0.2) is 0 Å². The van der Waals surface area contributed by atoms with Gasteiger partial charge in [-0.15, -0.1) is 0 Å². The number of hydrogen-bond donors (Lipinski definition) is 1. The van der Waals surface area contributed by atoms with Crippen LogP contribution in [0.5, 0.6) is 5.75 Å². The summed E-state index contributed by atoms with van der Waals surface area (Å²) in [7, 11) is -3.84. The quantitative estimate of drug-likeness (QED) is 0.834. The first-order chi connectivity index (χ1) is 10.0. The van der Waals surface area contributed by atoms with Gasteiger partial charge in [-0.25, -0.2) is 12.8 Å². The molecular formula is C15H14FNO3S. The first-order valence-corrected chi connectivity index (χ1v) is 7.62. The number of benzene rings is 2. The standard InChI is InChI=1S/C15H14FNO3S/c1-2-11-20-12-7-9-13(10-8-12)21(18,19)17-15-6-4-3-5-14(15)16/h2-10,17H,1,11H2. The maximum absolute atomic E-state index is 13.5. The molecule has 0 bridgehead atoms. The fraction of sp³-hybridized carbons (Fsp3) is 0.0667. The number of sulfonamides is 1. The van der Waals surface area contributed by atoms with Gasteiger partial charge in [0.05, 0.1) is 10.6 Å². The van der Waals surface area contributed by atoms with Crippen molar-refractivity contribution in [1.29, 1.82) is 0 Å². The lowest BCUT2D eigenvalue weighted by molar-refractivity contribution is 0.363. The summed E-state index contributed by atoms with van der Waals surface area (Å²) in [5.74, 6) is -0.105. The second-order valence-corrected chi connectivity index (χ2v) is 5.84. The van der Waals surface area contributed by atoms with Gasteiger partial charge >= 0.3 is 0 Å². The molecule has 0 unspecified atom stereocenters. The summed E-state index contributed by atoms with van der Waals surface area (Å²) in [5, 5.41) is 0. The third-order valence-electron chi connectivity index (χ3n) is 2.62. The van der Waals surface area contributed by atoms with E-state index < -0.39 is 15.8 Å². The van der Waals surface area contributed by atoms with E-state index in [4.69, 9.17) is 4.74 Å². The van der Waals surface area contributed by atoms with E-state index in [2.05, 4.69) is 11.3 Å². The highest BCUT2D eigenvalue weighted by molar-refractivity contribution is 7.92. The predicted molar refractivity (Wildman–Crippen MR) is 79.3 cm³/mol. The fourth-order valence-electron chi connectivity index (χ4n) is 1.62. The Labute approximate surface area is 122 Å². The van der Waals surface area contributed by atoms with Crippen molar-refractivity contribution in [3.05, 3.63) is 67.0 Å². The Hall–Kier alpha value is -2.34. The highest BCUT2D eigenvalue weighted by Crippen LogP contribution is 2.20. The molecule has 0 radical (unpaired) electrons. The van der Waals surface area contributed by atoms with Crippen LogP contribution in [0.3, 0.4) is 0 Å². The van der Waals surface area contributed by atoms with Crippen LogP contribution in [0.25, 0.3) is 0 Å². The molecule has 110 valence electrons. The van der Waals surface area contributed by atoms with E-state index in [0.29, 0.717) is 12.4 Å². The highest BCUT2D eigenvalue weighted by Gasteiger charge is 2.15. The van der Waals surface area contributed by atoms with E-state index in [1.807, 2.05) is 0 Å². The van der Waals surface area contributed by atoms with Gasteiger partial charge in [-0.1, -0.05) is 24.8 Å². The van der Waals surface area contributed by atoms with Crippen LogP contribution >= 0.6 is 0 Å². The van der Waals surface area contributed by atoms with E-state index in [0.717, 1.165) is 0 Å². The summed E-state index contributed by atoms with van der Waals surface area (Å²) in [5.41, 5.74) is -0.0931. The zero-order valence-corrected chi connectivity index (χ0v) is 11.9. The Morgan fingerprint density at radius 2 is 1.81 bits per heavy atom. The monoisotopic (exact) mass is 307 g/mol. The van der Waals surface area contributed by atoms with Gasteiger partial charge in [0.1, 0.15) is 18.2 Å². The maximum Gasteiger partial charge on any atom is 0.261 e. The maximum atomic E-state index is 13.5. The van der Waals surface area contributed by atoms with Crippen LogP contribution in [0, 0.1) is 5.82 Å². The van der Waals surface area contributed by atoms with Crippen LogP contribution in [-0.2, 0) is 10.0 Å². The Kier molecular flexibility index (Phi) is 4.59. The summed E-state index contributed by atoms with van der Waals surface area (Å²) in [6.45, 7) is 3.85. The van der Waals surface area contributed by atoms with Crippen molar-refractivity contribution >= 4 is 15.7 Å². The normalized spacial score (nSPS) is 10.9. The Morgan fingerprint density at radius 1 is 1.14 bits per heavy atom. The fourth-order valence-corrected chi connectivity index (χ4v) is 2.69. The average molecular weight is 307 g/mol. The average Bonchev–Trinajstić information content (AvgIpc) is 2.48. The van der Waals surface area contributed by atoms with E-state index in [9.17, 15) is 12.8 Å². The van der Waals surface area contributed by atoms with Crippen molar-refractivity contribution < 1.29 is 17.5 Å². The molecule has 2 aromatic rings. The molecule has 2 rings (SSSR count). The highest BCUT2D eigenvalue weighted by atomic mass is 32.2. The molecule has 4 nitrogen and oxygen atoms in total. The summed E-state index contributed by atoms with van der Waals surface area (Å²) in [6, 6.07) is 11.4. The summed E-state index contributed by atoms with van der Waals surface area (Å²) >= 11 is 0. The lowest BCUT2D eigenvalue weighted by Crippen LogP contribution is -2.13. The molecule has 0 fully saturated rings. The molecular weight excluding hydrogens is 293 g/mol. The zero-order valence-electron chi connectivity index (χ0n) is 11.1. The van der Waals surface area contributed by atoms with Crippen LogP contribution < -0.4 is 9.46 Å². The Bertz CT molecular complexity index is 727. The summed E-state index contributed by atoms with van der Waals surface area (Å²) in [6.07, 6.45) is 1.59. The van der Waals surface area contributed by atoms with E-state index in [-0.39, 0.29) is 10.6 Å². The molecule has 0 heterocycles. The van der Waals surface area contributed by atoms with Crippen molar-refractivity contribution in [2.45, 2.75) is 4.90 Å². The molecule has 0 amide bonds. The smallest absolute Gasteiger partial charge is 0.261 e. The Balaban J connectivity index is 2.20. The van der Waals surface area contributed by atoms with Gasteiger partial charge in [-0.05, 0) is 36.4 Å². The molecule has 6 heteroatoms. The van der Waals surface area contributed by atoms with Crippen LogP contribution in [-0.4, -0.2) is 15.0 Å². The molecule has 0 aliphatic carbocycles. The first-order valence-electron chi connectivity index (χ1n) is 6.14. The number of ether oxygens (including phenoxy) is 1. The molecule has 1 N–H and O–H groups in total. The molecule has 0 spiro atoms. The first kappa shape index (κ1) is 15.1. The number of para-hydroxylation sites is 1. The second kappa shape index (κ2) is 6.41. The van der Waals surface area contributed by atoms with Crippen molar-refractivity contribution in [1.82, 2.24) is 0 Å². The number of anilines is 1. The van der Waals surface area contributed by atoms with Crippen LogP contribution in [0.4, 0.5) is 10.1 Å². The van der Waals surface area contributed by atoms with Gasteiger partial charge in [-0.2, -0.15) is 0 Å². The minimum atomic E-state index is -3.84. The topological polar surface area (TPSA) is 55.4 Å². The SMILES string of the molecule is C=CCOc1ccc(S(=O)(=O)Nc2ccccc2F)cc1. The van der Waals surface area contributed by atoms with Crippen molar-refractivity contribution in [3.63, 3.8) is 0 Å². The number of hydrogen-bond acceptors (Lipinski definition) is 3. The summed E-state index contributed by atoms with van der Waals surface area (Å²) < 4.78 is 45.2. The molecule has 2 aromatic carbocycles. The van der Waals surface area contributed by atoms with Gasteiger partial charge in [0.25, 0.3) is 10.0 Å². The molecule has 21 heavy (non-hydrogen) atoms. The minimum absolute atomic E-state index is 0.0247. The lowest BCUT2D eigenvalue weighted by atomic mass is 10.3. The number of rotatable bonds is 6. The molecule has 0 aromatic heterocycles. The van der Waals surface area contributed by atoms with Crippen LogP contribution in [0.2, 0.25) is 0 Å². The van der Waals surface area contributed by atoms with E-state index in [1.54, 1.807) is 12.1 Å². The van der Waals surface area contributed by atoms with Crippen LogP contribution in [0.15, 0.2) is 66.1 Å². The largest absolute Gasteiger partial charge is 0.490 e. The van der Waals surface area contributed by atoms with Gasteiger partial charge in [0.2, 0.25) is 0 Å². The van der Waals surface area contributed by atoms with E-state index in [1.165, 1.54) is 42.5 Å². The van der Waals surface area contributed by atoms with Crippen molar-refractivity contribution in [2.75, 3.05) is 11.3 Å². The molecule has 0 saturated carbocycles. The molecule has 0 atom stereocenters. The van der Waals surface area contributed by atoms with Gasteiger partial charge in [0, 0.05) is 0 Å². The third-order valence-corrected chi connectivity index (χ3v) is 4.00.